The second-order valence-electron chi connectivity index (χ2n) is 6.30. The van der Waals surface area contributed by atoms with Crippen molar-refractivity contribution in [3.63, 3.8) is 0 Å². The van der Waals surface area contributed by atoms with Gasteiger partial charge in [0, 0.05) is 31.0 Å². The zero-order chi connectivity index (χ0) is 19.1. The molecule has 0 atom stereocenters. The van der Waals surface area contributed by atoms with Gasteiger partial charge in [-0.2, -0.15) is 10.1 Å². The summed E-state index contributed by atoms with van der Waals surface area (Å²) in [6.45, 7) is 9.09. The average molecular weight is 362 g/mol. The number of hydrogen-bond acceptors (Lipinski definition) is 6. The smallest absolute Gasteiger partial charge is 0.249 e. The Morgan fingerprint density at radius 3 is 2.48 bits per heavy atom. The third-order valence-electron chi connectivity index (χ3n) is 4.46. The molecule has 3 rings (SSSR count). The third-order valence-corrected chi connectivity index (χ3v) is 4.46. The molecule has 0 aliphatic rings. The van der Waals surface area contributed by atoms with Crippen LogP contribution in [0.4, 0.5) is 23.1 Å². The zero-order valence-corrected chi connectivity index (χ0v) is 16.1. The van der Waals surface area contributed by atoms with E-state index in [0.717, 1.165) is 24.3 Å². The van der Waals surface area contributed by atoms with Crippen molar-refractivity contribution in [1.82, 2.24) is 15.2 Å². The van der Waals surface area contributed by atoms with Gasteiger partial charge in [0.15, 0.2) is 5.82 Å². The summed E-state index contributed by atoms with van der Waals surface area (Å²) in [6, 6.07) is 16.6. The van der Waals surface area contributed by atoms with Gasteiger partial charge in [-0.25, -0.2) is 0 Å². The van der Waals surface area contributed by atoms with Gasteiger partial charge in [0.2, 0.25) is 5.95 Å². The van der Waals surface area contributed by atoms with Crippen molar-refractivity contribution in [2.24, 2.45) is 0 Å². The van der Waals surface area contributed by atoms with Crippen LogP contribution >= 0.6 is 0 Å². The van der Waals surface area contributed by atoms with Crippen molar-refractivity contribution in [3.8, 4) is 0 Å². The first-order chi connectivity index (χ1) is 13.2. The van der Waals surface area contributed by atoms with Gasteiger partial charge in [0.1, 0.15) is 0 Å². The predicted octanol–water partition coefficient (Wildman–Crippen LogP) is 4.38. The summed E-state index contributed by atoms with van der Waals surface area (Å²) >= 11 is 0. The molecule has 2 N–H and O–H groups in total. The summed E-state index contributed by atoms with van der Waals surface area (Å²) in [5, 5.41) is 14.7. The van der Waals surface area contributed by atoms with Crippen LogP contribution in [-0.4, -0.2) is 28.3 Å². The Morgan fingerprint density at radius 2 is 1.78 bits per heavy atom. The Hall–Kier alpha value is -3.15. The molecule has 27 heavy (non-hydrogen) atoms. The monoisotopic (exact) mass is 362 g/mol. The number of aromatic nitrogens is 3. The van der Waals surface area contributed by atoms with E-state index < -0.39 is 0 Å². The molecule has 6 heteroatoms. The van der Waals surface area contributed by atoms with Crippen LogP contribution in [0, 0.1) is 6.92 Å². The normalized spacial score (nSPS) is 10.5. The Bertz CT molecular complexity index is 862. The van der Waals surface area contributed by atoms with Crippen LogP contribution < -0.4 is 15.5 Å². The fraction of sp³-hybridized carbons (Fsp3) is 0.286. The van der Waals surface area contributed by atoms with Crippen LogP contribution in [0.15, 0.2) is 54.7 Å². The molecule has 0 spiro atoms. The number of nitrogens with one attached hydrogen (secondary N) is 2. The Labute approximate surface area is 160 Å². The van der Waals surface area contributed by atoms with E-state index in [9.17, 15) is 0 Å². The second kappa shape index (κ2) is 8.98. The summed E-state index contributed by atoms with van der Waals surface area (Å²) in [5.74, 6) is 1.17. The Balaban J connectivity index is 1.69. The highest BCUT2D eigenvalue weighted by Crippen LogP contribution is 2.24. The van der Waals surface area contributed by atoms with Gasteiger partial charge in [-0.3, -0.25) is 0 Å². The van der Waals surface area contributed by atoms with Crippen molar-refractivity contribution in [2.75, 3.05) is 28.6 Å². The van der Waals surface area contributed by atoms with Gasteiger partial charge < -0.3 is 15.5 Å². The second-order valence-corrected chi connectivity index (χ2v) is 6.30. The molecule has 6 nitrogen and oxygen atoms in total. The molecular formula is C21H26N6. The number of nitrogens with zero attached hydrogens (tertiary/aromatic N) is 4. The fourth-order valence-electron chi connectivity index (χ4n) is 2.92. The van der Waals surface area contributed by atoms with Crippen LogP contribution in [0.25, 0.3) is 0 Å². The summed E-state index contributed by atoms with van der Waals surface area (Å²) in [5.41, 5.74) is 4.53. The topological polar surface area (TPSA) is 66.0 Å². The highest BCUT2D eigenvalue weighted by Gasteiger charge is 2.07. The molecule has 0 bridgehead atoms. The maximum atomic E-state index is 4.51. The molecule has 0 aliphatic carbocycles. The molecule has 1 aromatic heterocycles. The lowest BCUT2D eigenvalue weighted by atomic mass is 10.1. The lowest BCUT2D eigenvalue weighted by molar-refractivity contribution is 0.865. The minimum Gasteiger partial charge on any atom is -0.372 e. The third kappa shape index (κ3) is 4.94. The van der Waals surface area contributed by atoms with E-state index in [1.165, 1.54) is 11.3 Å². The van der Waals surface area contributed by atoms with Crippen LogP contribution in [0.1, 0.15) is 25.0 Å². The van der Waals surface area contributed by atoms with Crippen LogP contribution in [0.3, 0.4) is 0 Å². The molecule has 0 amide bonds. The largest absolute Gasteiger partial charge is 0.372 e. The Morgan fingerprint density at radius 1 is 1.00 bits per heavy atom. The molecule has 0 saturated heterocycles. The highest BCUT2D eigenvalue weighted by atomic mass is 15.3. The summed E-state index contributed by atoms with van der Waals surface area (Å²) in [4.78, 5) is 6.83. The van der Waals surface area contributed by atoms with E-state index >= 15 is 0 Å². The van der Waals surface area contributed by atoms with Crippen molar-refractivity contribution in [2.45, 2.75) is 27.3 Å². The molecule has 3 aromatic rings. The van der Waals surface area contributed by atoms with Crippen LogP contribution in [0.5, 0.6) is 0 Å². The molecule has 0 fully saturated rings. The fourth-order valence-corrected chi connectivity index (χ4v) is 2.92. The summed E-state index contributed by atoms with van der Waals surface area (Å²) in [6.07, 6.45) is 1.63. The molecular weight excluding hydrogens is 336 g/mol. The maximum absolute atomic E-state index is 4.51. The van der Waals surface area contributed by atoms with Crippen LogP contribution in [-0.2, 0) is 6.54 Å². The average Bonchev–Trinajstić information content (AvgIpc) is 2.70. The summed E-state index contributed by atoms with van der Waals surface area (Å²) < 4.78 is 0. The molecule has 1 heterocycles. The van der Waals surface area contributed by atoms with E-state index in [4.69, 9.17) is 0 Å². The van der Waals surface area contributed by atoms with E-state index in [1.54, 1.807) is 6.20 Å². The molecule has 0 saturated carbocycles. The SMILES string of the molecule is CCN(CC)c1ccc(Nc2nncc(NCc3ccccc3)n2)c(C)c1. The van der Waals surface area contributed by atoms with Gasteiger partial charge in [0.05, 0.1) is 6.20 Å². The molecule has 0 aliphatic heterocycles. The van der Waals surface area contributed by atoms with Gasteiger partial charge in [-0.1, -0.05) is 30.3 Å². The lowest BCUT2D eigenvalue weighted by Crippen LogP contribution is -2.21. The van der Waals surface area contributed by atoms with Crippen LogP contribution in [0.2, 0.25) is 0 Å². The van der Waals surface area contributed by atoms with Crippen molar-refractivity contribution < 1.29 is 0 Å². The molecule has 0 radical (unpaired) electrons. The minimum atomic E-state index is 0.478. The molecule has 0 unspecified atom stereocenters. The Kier molecular flexibility index (Phi) is 6.20. The molecule has 2 aromatic carbocycles. The van der Waals surface area contributed by atoms with Crippen molar-refractivity contribution in [1.29, 1.82) is 0 Å². The van der Waals surface area contributed by atoms with Gasteiger partial charge in [-0.15, -0.1) is 5.10 Å². The molecule has 140 valence electrons. The summed E-state index contributed by atoms with van der Waals surface area (Å²) in [7, 11) is 0. The number of hydrogen-bond donors (Lipinski definition) is 2. The number of benzene rings is 2. The first kappa shape index (κ1) is 18.6. The van der Waals surface area contributed by atoms with Crippen molar-refractivity contribution in [3.05, 3.63) is 65.9 Å². The first-order valence-electron chi connectivity index (χ1n) is 9.29. The highest BCUT2D eigenvalue weighted by molar-refractivity contribution is 5.64. The maximum Gasteiger partial charge on any atom is 0.249 e. The van der Waals surface area contributed by atoms with E-state index in [2.05, 4.69) is 81.8 Å². The van der Waals surface area contributed by atoms with E-state index in [1.807, 2.05) is 18.2 Å². The van der Waals surface area contributed by atoms with Crippen molar-refractivity contribution >= 4 is 23.1 Å². The van der Waals surface area contributed by atoms with Gasteiger partial charge >= 0.3 is 0 Å². The predicted molar refractivity (Wildman–Crippen MR) is 112 cm³/mol. The van der Waals surface area contributed by atoms with Gasteiger partial charge in [0.25, 0.3) is 0 Å². The van der Waals surface area contributed by atoms with E-state index in [-0.39, 0.29) is 0 Å². The standard InChI is InChI=1S/C21H26N6/c1-4-27(5-2)18-11-12-19(16(3)13-18)24-21-25-20(15-23-26-21)22-14-17-9-7-6-8-10-17/h6-13,15H,4-5,14H2,1-3H3,(H2,22,24,25,26). The minimum absolute atomic E-state index is 0.478. The quantitative estimate of drug-likeness (QED) is 0.620. The van der Waals surface area contributed by atoms with Gasteiger partial charge in [-0.05, 0) is 50.1 Å². The number of rotatable bonds is 8. The lowest BCUT2D eigenvalue weighted by Gasteiger charge is -2.22. The number of anilines is 4. The zero-order valence-electron chi connectivity index (χ0n) is 16.1. The first-order valence-corrected chi connectivity index (χ1v) is 9.29. The van der Waals surface area contributed by atoms with E-state index in [0.29, 0.717) is 18.3 Å². The number of aryl methyl sites for hydroxylation is 1.